The van der Waals surface area contributed by atoms with E-state index in [1.54, 1.807) is 19.9 Å². The van der Waals surface area contributed by atoms with E-state index in [0.29, 0.717) is 30.1 Å². The van der Waals surface area contributed by atoms with Gasteiger partial charge in [-0.3, -0.25) is 4.79 Å². The Morgan fingerprint density at radius 1 is 1.30 bits per heavy atom. The summed E-state index contributed by atoms with van der Waals surface area (Å²) in [5, 5.41) is 11.2. The summed E-state index contributed by atoms with van der Waals surface area (Å²) in [6, 6.07) is 2.61. The SMILES string of the molecule is CC1CN(C(=O)[C@H]2COC(C)(C)O2)CCC1[C@@H](NS(=O)C(C)(C)C)c1cc(Cl)c(Cl)cc1O. The Kier molecular flexibility index (Phi) is 8.09. The van der Waals surface area contributed by atoms with E-state index >= 15 is 0 Å². The number of ether oxygens (including phenoxy) is 2. The van der Waals surface area contributed by atoms with Gasteiger partial charge in [0.2, 0.25) is 0 Å². The van der Waals surface area contributed by atoms with Crippen molar-refractivity contribution in [3.63, 3.8) is 0 Å². The van der Waals surface area contributed by atoms with Crippen LogP contribution in [0.15, 0.2) is 12.1 Å². The van der Waals surface area contributed by atoms with Crippen LogP contribution in [0.5, 0.6) is 5.75 Å². The first-order chi connectivity index (χ1) is 15.2. The van der Waals surface area contributed by atoms with E-state index < -0.39 is 33.7 Å². The van der Waals surface area contributed by atoms with Crippen LogP contribution in [0.25, 0.3) is 0 Å². The summed E-state index contributed by atoms with van der Waals surface area (Å²) < 4.78 is 27.1. The average Bonchev–Trinajstić information content (AvgIpc) is 3.07. The van der Waals surface area contributed by atoms with Gasteiger partial charge in [-0.25, -0.2) is 8.93 Å². The normalized spacial score (nSPS) is 27.4. The third-order valence-electron chi connectivity index (χ3n) is 6.19. The van der Waals surface area contributed by atoms with Crippen LogP contribution in [0.3, 0.4) is 0 Å². The molecule has 0 saturated carbocycles. The van der Waals surface area contributed by atoms with Crippen LogP contribution in [0.1, 0.15) is 59.6 Å². The number of hydrogen-bond acceptors (Lipinski definition) is 5. The van der Waals surface area contributed by atoms with Crippen LogP contribution in [0.4, 0.5) is 0 Å². The highest BCUT2D eigenvalue weighted by atomic mass is 35.5. The molecule has 0 radical (unpaired) electrons. The van der Waals surface area contributed by atoms with Crippen LogP contribution in [-0.2, 0) is 25.3 Å². The molecule has 0 aliphatic carbocycles. The van der Waals surface area contributed by atoms with Crippen molar-refractivity contribution in [1.82, 2.24) is 9.62 Å². The summed E-state index contributed by atoms with van der Waals surface area (Å²) in [5.74, 6) is -0.785. The summed E-state index contributed by atoms with van der Waals surface area (Å²) >= 11 is 12.3. The number of rotatable bonds is 5. The van der Waals surface area contributed by atoms with Crippen LogP contribution >= 0.6 is 23.2 Å². The molecule has 2 aliphatic heterocycles. The van der Waals surface area contributed by atoms with Crippen LogP contribution in [0, 0.1) is 11.8 Å². The minimum atomic E-state index is -1.39. The lowest BCUT2D eigenvalue weighted by atomic mass is 9.78. The maximum Gasteiger partial charge on any atom is 0.254 e. The molecular weight excluding hydrogens is 487 g/mol. The number of nitrogens with one attached hydrogen (secondary N) is 1. The van der Waals surface area contributed by atoms with Gasteiger partial charge in [-0.2, -0.15) is 0 Å². The van der Waals surface area contributed by atoms with E-state index in [1.165, 1.54) is 6.07 Å². The van der Waals surface area contributed by atoms with Crippen molar-refractivity contribution in [2.45, 2.75) is 70.6 Å². The lowest BCUT2D eigenvalue weighted by Gasteiger charge is -2.42. The quantitative estimate of drug-likeness (QED) is 0.599. The van der Waals surface area contributed by atoms with Crippen molar-refractivity contribution in [2.24, 2.45) is 11.8 Å². The van der Waals surface area contributed by atoms with Gasteiger partial charge in [-0.1, -0.05) is 30.1 Å². The van der Waals surface area contributed by atoms with E-state index in [9.17, 15) is 14.1 Å². The molecule has 5 atom stereocenters. The minimum Gasteiger partial charge on any atom is -0.508 e. The number of halogens is 2. The summed E-state index contributed by atoms with van der Waals surface area (Å²) in [6.07, 6.45) is 0.0490. The largest absolute Gasteiger partial charge is 0.508 e. The Labute approximate surface area is 208 Å². The molecule has 7 nitrogen and oxygen atoms in total. The fourth-order valence-corrected chi connectivity index (χ4v) is 5.56. The molecule has 10 heteroatoms. The zero-order valence-electron chi connectivity index (χ0n) is 20.0. The molecular formula is C23H34Cl2N2O5S. The van der Waals surface area contributed by atoms with Gasteiger partial charge in [-0.05, 0) is 58.9 Å². The first kappa shape index (κ1) is 26.7. The second-order valence-electron chi connectivity index (χ2n) is 10.3. The Hall–Kier alpha value is -0.900. The molecule has 2 saturated heterocycles. The number of aromatic hydroxyl groups is 1. The number of benzene rings is 1. The minimum absolute atomic E-state index is 0.000629. The number of amides is 1. The number of likely N-dealkylation sites (tertiary alicyclic amines) is 1. The molecule has 3 unspecified atom stereocenters. The molecule has 2 heterocycles. The van der Waals surface area contributed by atoms with Crippen LogP contribution in [-0.4, -0.2) is 56.5 Å². The zero-order valence-corrected chi connectivity index (χ0v) is 22.3. The maximum absolute atomic E-state index is 13.0. The molecule has 2 N–H and O–H groups in total. The van der Waals surface area contributed by atoms with E-state index in [0.717, 1.165) is 0 Å². The van der Waals surface area contributed by atoms with Gasteiger partial charge in [0.1, 0.15) is 5.75 Å². The van der Waals surface area contributed by atoms with Gasteiger partial charge in [0.15, 0.2) is 11.9 Å². The number of carbonyl (C=O) groups excluding carboxylic acids is 1. The van der Waals surface area contributed by atoms with Crippen molar-refractivity contribution >= 4 is 40.1 Å². The first-order valence-corrected chi connectivity index (χ1v) is 13.1. The molecule has 0 spiro atoms. The van der Waals surface area contributed by atoms with E-state index in [2.05, 4.69) is 11.6 Å². The Morgan fingerprint density at radius 2 is 1.94 bits per heavy atom. The van der Waals surface area contributed by atoms with Crippen LogP contribution < -0.4 is 4.72 Å². The summed E-state index contributed by atoms with van der Waals surface area (Å²) in [6.45, 7) is 12.6. The molecule has 1 aromatic rings. The molecule has 33 heavy (non-hydrogen) atoms. The van der Waals surface area contributed by atoms with Gasteiger partial charge >= 0.3 is 0 Å². The molecule has 3 rings (SSSR count). The molecule has 1 aromatic carbocycles. The molecule has 1 amide bonds. The van der Waals surface area contributed by atoms with Gasteiger partial charge in [0.25, 0.3) is 5.91 Å². The van der Waals surface area contributed by atoms with Gasteiger partial charge in [-0.15, -0.1) is 0 Å². The molecule has 186 valence electrons. The van der Waals surface area contributed by atoms with E-state index in [4.69, 9.17) is 32.7 Å². The van der Waals surface area contributed by atoms with E-state index in [-0.39, 0.29) is 35.1 Å². The predicted octanol–water partition coefficient (Wildman–Crippen LogP) is 4.43. The van der Waals surface area contributed by atoms with Crippen molar-refractivity contribution in [3.8, 4) is 5.75 Å². The maximum atomic E-state index is 13.0. The molecule has 2 fully saturated rings. The number of hydrogen-bond donors (Lipinski definition) is 2. The number of nitrogens with zero attached hydrogens (tertiary/aromatic N) is 1. The standard InChI is InChI=1S/C23H34Cl2N2O5S/c1-13-11-27(21(29)19-12-31-23(5,6)32-19)8-7-14(13)20(26-33(30)22(2,3)4)15-9-16(24)17(25)10-18(15)28/h9-10,13-14,19-20,26,28H,7-8,11-12H2,1-6H3/t13?,14?,19-,20-,33?/m1/s1. The Balaban J connectivity index is 1.82. The molecule has 0 aromatic heterocycles. The highest BCUT2D eigenvalue weighted by Crippen LogP contribution is 2.42. The van der Waals surface area contributed by atoms with Gasteiger partial charge in [0, 0.05) is 24.7 Å². The second-order valence-corrected chi connectivity index (χ2v) is 13.1. The predicted molar refractivity (Wildman–Crippen MR) is 131 cm³/mol. The summed E-state index contributed by atoms with van der Waals surface area (Å²) in [5.41, 5.74) is 0.549. The highest BCUT2D eigenvalue weighted by Gasteiger charge is 2.42. The van der Waals surface area contributed by atoms with Crippen molar-refractivity contribution < 1.29 is 23.6 Å². The van der Waals surface area contributed by atoms with Gasteiger partial charge < -0.3 is 19.5 Å². The summed E-state index contributed by atoms with van der Waals surface area (Å²) in [4.78, 5) is 14.8. The zero-order chi connectivity index (χ0) is 24.7. The number of phenolic OH excluding ortho intramolecular Hbond substituents is 1. The molecule has 0 bridgehead atoms. The monoisotopic (exact) mass is 520 g/mol. The second kappa shape index (κ2) is 9.99. The van der Waals surface area contributed by atoms with Crippen molar-refractivity contribution in [3.05, 3.63) is 27.7 Å². The number of phenols is 1. The molecule has 2 aliphatic rings. The van der Waals surface area contributed by atoms with Crippen molar-refractivity contribution in [2.75, 3.05) is 19.7 Å². The summed E-state index contributed by atoms with van der Waals surface area (Å²) in [7, 11) is -1.39. The third-order valence-corrected chi connectivity index (χ3v) is 8.49. The lowest BCUT2D eigenvalue weighted by molar-refractivity contribution is -0.162. The van der Waals surface area contributed by atoms with Crippen molar-refractivity contribution in [1.29, 1.82) is 0 Å². The average molecular weight is 522 g/mol. The number of carbonyl (C=O) groups is 1. The first-order valence-electron chi connectivity index (χ1n) is 11.2. The fourth-order valence-electron chi connectivity index (χ4n) is 4.35. The third kappa shape index (κ3) is 6.21. The number of piperidine rings is 1. The lowest BCUT2D eigenvalue weighted by Crippen LogP contribution is -2.50. The van der Waals surface area contributed by atoms with E-state index in [1.807, 2.05) is 25.7 Å². The smallest absolute Gasteiger partial charge is 0.254 e. The highest BCUT2D eigenvalue weighted by molar-refractivity contribution is 7.84. The van der Waals surface area contributed by atoms with Crippen LogP contribution in [0.2, 0.25) is 10.0 Å². The Morgan fingerprint density at radius 3 is 2.48 bits per heavy atom. The Bertz CT molecular complexity index is 921. The van der Waals surface area contributed by atoms with Gasteiger partial charge in [0.05, 0.1) is 38.4 Å². The topological polar surface area (TPSA) is 88.1 Å². The fraction of sp³-hybridized carbons (Fsp3) is 0.696.